The smallest absolute Gasteiger partial charge is 1.00 e. The molecule has 0 aromatic rings. The quantitative estimate of drug-likeness (QED) is 0.533. The molecule has 4 aliphatic carbocycles. The molecule has 0 bridgehead atoms. The summed E-state index contributed by atoms with van der Waals surface area (Å²) in [7, 11) is 0. The van der Waals surface area contributed by atoms with Crippen LogP contribution in [0.3, 0.4) is 0 Å². The molecule has 0 spiro atoms. The number of hydrogen-bond donors (Lipinski definition) is 0. The molecule has 0 N–H and O–H groups in total. The van der Waals surface area contributed by atoms with Gasteiger partial charge in [0.05, 0.1) is 0 Å². The number of hydrogen-bond acceptors (Lipinski definition) is 0. The van der Waals surface area contributed by atoms with E-state index >= 15 is 0 Å². The van der Waals surface area contributed by atoms with Crippen LogP contribution in [0.5, 0.6) is 0 Å². The van der Waals surface area contributed by atoms with Gasteiger partial charge >= 0.3 is 134 Å². The van der Waals surface area contributed by atoms with Gasteiger partial charge in [0.1, 0.15) is 0 Å². The van der Waals surface area contributed by atoms with Gasteiger partial charge in [-0.25, -0.2) is 0 Å². The van der Waals surface area contributed by atoms with Crippen LogP contribution in [0, 0.1) is 23.7 Å². The van der Waals surface area contributed by atoms with Crippen LogP contribution in [0.1, 0.15) is 27.1 Å². The second-order valence-corrected chi connectivity index (χ2v) is 25.9. The summed E-state index contributed by atoms with van der Waals surface area (Å²) < 4.78 is 5.88. The number of allylic oxidation sites excluding steroid dienone is 8. The summed E-state index contributed by atoms with van der Waals surface area (Å²) in [6, 6.07) is 0. The maximum absolute atomic E-state index is 2.60. The van der Waals surface area contributed by atoms with Crippen LogP contribution in [0.15, 0.2) is 48.6 Å². The Labute approximate surface area is 147 Å². The van der Waals surface area contributed by atoms with Gasteiger partial charge in [0.25, 0.3) is 0 Å². The van der Waals surface area contributed by atoms with Crippen molar-refractivity contribution in [2.75, 3.05) is 0 Å². The minimum atomic E-state index is -1.99. The first-order chi connectivity index (χ1) is 10.4. The van der Waals surface area contributed by atoms with E-state index in [-0.39, 0.29) is 13.8 Å². The van der Waals surface area contributed by atoms with E-state index in [0.29, 0.717) is 0 Å². The van der Waals surface area contributed by atoms with Crippen molar-refractivity contribution in [1.29, 1.82) is 0 Å². The zero-order chi connectivity index (χ0) is 13.9. The van der Waals surface area contributed by atoms with Crippen molar-refractivity contribution in [3.05, 3.63) is 48.6 Å². The first-order valence-corrected chi connectivity index (χ1v) is 18.3. The molecule has 1 heterocycles. The maximum atomic E-state index is 2.60. The van der Waals surface area contributed by atoms with Gasteiger partial charge in [-0.2, -0.15) is 0 Å². The molecule has 5 rings (SSSR count). The normalized spacial score (nSPS) is 46.2. The Morgan fingerprint density at radius 1 is 0.636 bits per heavy atom. The summed E-state index contributed by atoms with van der Waals surface area (Å²) in [4.78, 5) is 0. The molecule has 2 saturated carbocycles. The molecule has 3 fully saturated rings. The van der Waals surface area contributed by atoms with Crippen LogP contribution < -0.4 is 12.4 Å². The van der Waals surface area contributed by atoms with Crippen molar-refractivity contribution in [3.63, 3.8) is 0 Å². The zero-order valence-corrected chi connectivity index (χ0v) is 17.6. The summed E-state index contributed by atoms with van der Waals surface area (Å²) in [5.41, 5.74) is 0. The average Bonchev–Trinajstić information content (AvgIpc) is 3.03. The van der Waals surface area contributed by atoms with Crippen molar-refractivity contribution >= 4 is 0 Å². The molecule has 0 radical (unpaired) electrons. The van der Waals surface area contributed by atoms with Gasteiger partial charge in [0.15, 0.2) is 0 Å². The molecule has 0 nitrogen and oxygen atoms in total. The third-order valence-electron chi connectivity index (χ3n) is 7.45. The van der Waals surface area contributed by atoms with Gasteiger partial charge in [-0.1, -0.05) is 0 Å². The Morgan fingerprint density at radius 3 is 1.55 bits per heavy atom. The van der Waals surface area contributed by atoms with Crippen LogP contribution in [-0.2, 0) is 20.0 Å². The Morgan fingerprint density at radius 2 is 1.09 bits per heavy atom. The fourth-order valence-electron chi connectivity index (χ4n) is 6.41. The van der Waals surface area contributed by atoms with Crippen LogP contribution >= 0.6 is 0 Å². The molecule has 6 atom stereocenters. The van der Waals surface area contributed by atoms with Crippen LogP contribution in [0.25, 0.3) is 0 Å². The van der Waals surface area contributed by atoms with Crippen molar-refractivity contribution in [2.24, 2.45) is 23.7 Å². The van der Waals surface area contributed by atoms with Gasteiger partial charge in [-0.05, 0) is 0 Å². The molecule has 2 heteroatoms. The standard InChI is InChI=1S/2C9H11.C2H4.ClH.Hf.H/c2*1-2-5-9-7-3-6-8(9)4-1;1-2;;;/h2*1-2,4-6,8-9H,3,7H2;1-2H2;1H;;/q;;;;;-1/p-1. The monoisotopic (exact) mass is 482 g/mol. The van der Waals surface area contributed by atoms with E-state index in [9.17, 15) is 0 Å². The van der Waals surface area contributed by atoms with Crippen LogP contribution in [0.2, 0.25) is 15.7 Å². The van der Waals surface area contributed by atoms with E-state index in [1.165, 1.54) is 20.2 Å². The van der Waals surface area contributed by atoms with Gasteiger partial charge < -0.3 is 13.8 Å². The van der Waals surface area contributed by atoms with Crippen molar-refractivity contribution < 1.29 is 33.8 Å². The van der Waals surface area contributed by atoms with Gasteiger partial charge in [-0.15, -0.1) is 0 Å². The molecular formula is C20H27ClHf-2. The maximum Gasteiger partial charge on any atom is -1.00 e. The van der Waals surface area contributed by atoms with E-state index < -0.39 is 20.0 Å². The summed E-state index contributed by atoms with van der Waals surface area (Å²) in [5.74, 6) is 3.75. The minimum Gasteiger partial charge on any atom is -1.00 e. The van der Waals surface area contributed by atoms with E-state index in [2.05, 4.69) is 48.6 Å². The molecule has 0 amide bonds. The average molecular weight is 481 g/mol. The van der Waals surface area contributed by atoms with E-state index in [1.807, 2.05) is 0 Å². The summed E-state index contributed by atoms with van der Waals surface area (Å²) in [6.45, 7) is 0. The van der Waals surface area contributed by atoms with Crippen molar-refractivity contribution in [2.45, 2.75) is 41.4 Å². The molecule has 22 heavy (non-hydrogen) atoms. The number of halogens is 1. The van der Waals surface area contributed by atoms with E-state index in [1.54, 1.807) is 21.2 Å². The molecule has 6 unspecified atom stereocenters. The first-order valence-electron chi connectivity index (χ1n) is 9.08. The summed E-state index contributed by atoms with van der Waals surface area (Å²) >= 11 is -1.99. The predicted molar refractivity (Wildman–Crippen MR) is 87.2 cm³/mol. The summed E-state index contributed by atoms with van der Waals surface area (Å²) in [6.07, 6.45) is 25.7. The van der Waals surface area contributed by atoms with Crippen LogP contribution in [-0.4, -0.2) is 0 Å². The minimum absolute atomic E-state index is 0. The molecule has 120 valence electrons. The molecule has 5 aliphatic rings. The number of rotatable bonds is 2. The van der Waals surface area contributed by atoms with Gasteiger partial charge in [0.2, 0.25) is 0 Å². The molecule has 1 saturated heterocycles. The third-order valence-corrected chi connectivity index (χ3v) is 28.8. The molecular weight excluding hydrogens is 454 g/mol. The topological polar surface area (TPSA) is 0 Å². The van der Waals surface area contributed by atoms with Crippen molar-refractivity contribution in [1.82, 2.24) is 0 Å². The Balaban J connectivity index is 0.000000781. The Bertz CT molecular complexity index is 514. The van der Waals surface area contributed by atoms with Gasteiger partial charge in [0, 0.05) is 0 Å². The van der Waals surface area contributed by atoms with E-state index in [4.69, 9.17) is 0 Å². The van der Waals surface area contributed by atoms with Crippen molar-refractivity contribution in [3.8, 4) is 0 Å². The third kappa shape index (κ3) is 2.25. The Kier molecular flexibility index (Phi) is 4.18. The number of fused-ring (bicyclic) bond motifs is 2. The second-order valence-electron chi connectivity index (χ2n) is 8.12. The van der Waals surface area contributed by atoms with Gasteiger partial charge in [-0.3, -0.25) is 0 Å². The second kappa shape index (κ2) is 5.88. The largest absolute Gasteiger partial charge is 1.00 e. The summed E-state index contributed by atoms with van der Waals surface area (Å²) in [5, 5.41) is 0. The van der Waals surface area contributed by atoms with Crippen LogP contribution in [0.4, 0.5) is 0 Å². The Hall–Kier alpha value is 0.120. The SMILES string of the molecule is C1=CC2CC[CH]([Hf]3([CH]4CCC5C=CC=CC54)[CH2][CH2]3)C2C=C1.[Cl-].[H-]. The first kappa shape index (κ1) is 15.6. The molecule has 0 aromatic carbocycles. The molecule has 1 aliphatic heterocycles. The fourth-order valence-corrected chi connectivity index (χ4v) is 36.7. The predicted octanol–water partition coefficient (Wildman–Crippen LogP) is 2.99. The fraction of sp³-hybridized carbons (Fsp3) is 0.600. The zero-order valence-electron chi connectivity index (χ0n) is 14.2. The van der Waals surface area contributed by atoms with E-state index in [0.717, 1.165) is 23.7 Å². The molecule has 0 aromatic heterocycles.